The summed E-state index contributed by atoms with van der Waals surface area (Å²) in [5.74, 6) is -1.07. The van der Waals surface area contributed by atoms with E-state index in [1.54, 1.807) is 0 Å². The number of anilines is 1. The maximum absolute atomic E-state index is 13.6. The molecule has 1 aliphatic rings. The van der Waals surface area contributed by atoms with Gasteiger partial charge in [-0.1, -0.05) is 0 Å². The standard InChI is InChI=1S/C13H18FN3O3S/c1-21(19,20)17-12-7-9(4-5-11(12)14)13(18)16-10-3-2-6-15-8-10/h4-5,7,10,15,17H,2-3,6,8H2,1H3,(H,16,18). The van der Waals surface area contributed by atoms with Gasteiger partial charge in [0.15, 0.2) is 0 Å². The predicted octanol–water partition coefficient (Wildman–Crippen LogP) is 0.679. The summed E-state index contributed by atoms with van der Waals surface area (Å²) in [6.07, 6.45) is 2.79. The third-order valence-electron chi connectivity index (χ3n) is 3.16. The molecule has 1 saturated heterocycles. The van der Waals surface area contributed by atoms with E-state index in [1.165, 1.54) is 12.1 Å². The van der Waals surface area contributed by atoms with Crippen LogP contribution in [0.1, 0.15) is 23.2 Å². The second kappa shape index (κ2) is 6.40. The van der Waals surface area contributed by atoms with Crippen molar-refractivity contribution in [3.05, 3.63) is 29.6 Å². The summed E-state index contributed by atoms with van der Waals surface area (Å²) in [5, 5.41) is 6.02. The van der Waals surface area contributed by atoms with E-state index in [2.05, 4.69) is 15.4 Å². The highest BCUT2D eigenvalue weighted by Crippen LogP contribution is 2.17. The minimum atomic E-state index is -3.60. The second-order valence-electron chi connectivity index (χ2n) is 5.09. The Morgan fingerprint density at radius 2 is 2.19 bits per heavy atom. The number of carbonyl (C=O) groups excluding carboxylic acids is 1. The van der Waals surface area contributed by atoms with Crippen molar-refractivity contribution in [3.8, 4) is 0 Å². The molecule has 1 amide bonds. The van der Waals surface area contributed by atoms with Gasteiger partial charge in [-0.15, -0.1) is 0 Å². The van der Waals surface area contributed by atoms with Crippen molar-refractivity contribution in [1.29, 1.82) is 0 Å². The summed E-state index contributed by atoms with van der Waals surface area (Å²) >= 11 is 0. The van der Waals surface area contributed by atoms with Gasteiger partial charge in [0.25, 0.3) is 5.91 Å². The number of nitrogens with one attached hydrogen (secondary N) is 3. The molecule has 1 atom stereocenters. The van der Waals surface area contributed by atoms with Crippen molar-refractivity contribution in [2.75, 3.05) is 24.1 Å². The molecule has 0 saturated carbocycles. The van der Waals surface area contributed by atoms with Gasteiger partial charge in [-0.25, -0.2) is 12.8 Å². The lowest BCUT2D eigenvalue weighted by Crippen LogP contribution is -2.45. The van der Waals surface area contributed by atoms with E-state index >= 15 is 0 Å². The molecule has 116 valence electrons. The number of hydrogen-bond acceptors (Lipinski definition) is 4. The molecule has 2 rings (SSSR count). The van der Waals surface area contributed by atoms with E-state index < -0.39 is 15.8 Å². The Labute approximate surface area is 123 Å². The van der Waals surface area contributed by atoms with Gasteiger partial charge >= 0.3 is 0 Å². The number of hydrogen-bond donors (Lipinski definition) is 3. The van der Waals surface area contributed by atoms with Crippen molar-refractivity contribution in [3.63, 3.8) is 0 Å². The summed E-state index contributed by atoms with van der Waals surface area (Å²) < 4.78 is 37.9. The highest BCUT2D eigenvalue weighted by Gasteiger charge is 2.17. The average Bonchev–Trinajstić information content (AvgIpc) is 2.41. The summed E-state index contributed by atoms with van der Waals surface area (Å²) in [4.78, 5) is 12.1. The Kier molecular flexibility index (Phi) is 4.79. The lowest BCUT2D eigenvalue weighted by atomic mass is 10.1. The number of piperidine rings is 1. The average molecular weight is 315 g/mol. The van der Waals surface area contributed by atoms with E-state index in [0.717, 1.165) is 31.7 Å². The molecular weight excluding hydrogens is 297 g/mol. The zero-order chi connectivity index (χ0) is 15.5. The van der Waals surface area contributed by atoms with Crippen LogP contribution in [0.15, 0.2) is 18.2 Å². The summed E-state index contributed by atoms with van der Waals surface area (Å²) in [6.45, 7) is 1.63. The number of sulfonamides is 1. The zero-order valence-electron chi connectivity index (χ0n) is 11.6. The molecule has 6 nitrogen and oxygen atoms in total. The van der Waals surface area contributed by atoms with Crippen LogP contribution < -0.4 is 15.4 Å². The fraction of sp³-hybridized carbons (Fsp3) is 0.462. The van der Waals surface area contributed by atoms with E-state index in [4.69, 9.17) is 0 Å². The Morgan fingerprint density at radius 1 is 1.43 bits per heavy atom. The largest absolute Gasteiger partial charge is 0.348 e. The second-order valence-corrected chi connectivity index (χ2v) is 6.83. The van der Waals surface area contributed by atoms with Gasteiger partial charge in [-0.3, -0.25) is 9.52 Å². The van der Waals surface area contributed by atoms with Crippen LogP contribution in [0, 0.1) is 5.82 Å². The molecule has 8 heteroatoms. The van der Waals surface area contributed by atoms with Crippen molar-refractivity contribution >= 4 is 21.6 Å². The minimum Gasteiger partial charge on any atom is -0.348 e. The number of carbonyl (C=O) groups is 1. The Balaban J connectivity index is 2.12. The molecule has 0 bridgehead atoms. The van der Waals surface area contributed by atoms with Crippen molar-refractivity contribution in [2.45, 2.75) is 18.9 Å². The highest BCUT2D eigenvalue weighted by molar-refractivity contribution is 7.92. The van der Waals surface area contributed by atoms with Crippen LogP contribution in [0.2, 0.25) is 0 Å². The van der Waals surface area contributed by atoms with Gasteiger partial charge < -0.3 is 10.6 Å². The first-order valence-corrected chi connectivity index (χ1v) is 8.53. The molecule has 0 radical (unpaired) electrons. The van der Waals surface area contributed by atoms with Gasteiger partial charge in [0.05, 0.1) is 11.9 Å². The van der Waals surface area contributed by atoms with Crippen LogP contribution in [-0.2, 0) is 10.0 Å². The third kappa shape index (κ3) is 4.68. The van der Waals surface area contributed by atoms with Crippen molar-refractivity contribution in [1.82, 2.24) is 10.6 Å². The van der Waals surface area contributed by atoms with Crippen LogP contribution in [0.4, 0.5) is 10.1 Å². The topological polar surface area (TPSA) is 87.3 Å². The van der Waals surface area contributed by atoms with Gasteiger partial charge in [0.2, 0.25) is 10.0 Å². The fourth-order valence-corrected chi connectivity index (χ4v) is 2.74. The maximum atomic E-state index is 13.6. The minimum absolute atomic E-state index is 0.0302. The molecular formula is C13H18FN3O3S. The Morgan fingerprint density at radius 3 is 2.81 bits per heavy atom. The predicted molar refractivity (Wildman–Crippen MR) is 78.2 cm³/mol. The molecule has 1 aromatic rings. The molecule has 1 heterocycles. The molecule has 0 aliphatic carbocycles. The molecule has 1 aromatic carbocycles. The van der Waals surface area contributed by atoms with Crippen LogP contribution in [-0.4, -0.2) is 39.7 Å². The van der Waals surface area contributed by atoms with Crippen LogP contribution in [0.5, 0.6) is 0 Å². The van der Waals surface area contributed by atoms with Crippen molar-refractivity contribution < 1.29 is 17.6 Å². The zero-order valence-corrected chi connectivity index (χ0v) is 12.5. The van der Waals surface area contributed by atoms with Gasteiger partial charge in [0, 0.05) is 18.2 Å². The maximum Gasteiger partial charge on any atom is 0.251 e. The molecule has 1 aliphatic heterocycles. The fourth-order valence-electron chi connectivity index (χ4n) is 2.19. The van der Waals surface area contributed by atoms with Crippen molar-refractivity contribution in [2.24, 2.45) is 0 Å². The van der Waals surface area contributed by atoms with E-state index in [-0.39, 0.29) is 23.2 Å². The summed E-state index contributed by atoms with van der Waals surface area (Å²) in [5.41, 5.74) is -0.0138. The van der Waals surface area contributed by atoms with Gasteiger partial charge in [-0.2, -0.15) is 0 Å². The number of benzene rings is 1. The lowest BCUT2D eigenvalue weighted by Gasteiger charge is -2.23. The first-order valence-electron chi connectivity index (χ1n) is 6.64. The molecule has 1 unspecified atom stereocenters. The monoisotopic (exact) mass is 315 g/mol. The first kappa shape index (κ1) is 15.7. The molecule has 1 fully saturated rings. The molecule has 21 heavy (non-hydrogen) atoms. The Bertz CT molecular complexity index is 628. The SMILES string of the molecule is CS(=O)(=O)Nc1cc(C(=O)NC2CCCNC2)ccc1F. The molecule has 0 spiro atoms. The van der Waals surface area contributed by atoms with E-state index in [1.807, 2.05) is 0 Å². The van der Waals surface area contributed by atoms with Crippen LogP contribution in [0.25, 0.3) is 0 Å². The lowest BCUT2D eigenvalue weighted by molar-refractivity contribution is 0.0930. The van der Waals surface area contributed by atoms with E-state index in [0.29, 0.717) is 6.54 Å². The third-order valence-corrected chi connectivity index (χ3v) is 3.75. The number of amides is 1. The summed E-state index contributed by atoms with van der Waals surface area (Å²) in [6, 6.07) is 3.63. The molecule has 0 aromatic heterocycles. The van der Waals surface area contributed by atoms with Gasteiger partial charge in [0.1, 0.15) is 5.82 Å². The van der Waals surface area contributed by atoms with E-state index in [9.17, 15) is 17.6 Å². The number of halogens is 1. The number of rotatable bonds is 4. The van der Waals surface area contributed by atoms with Crippen LogP contribution in [0.3, 0.4) is 0 Å². The molecule has 3 N–H and O–H groups in total. The summed E-state index contributed by atoms with van der Waals surface area (Å²) in [7, 11) is -3.60. The van der Waals surface area contributed by atoms with Gasteiger partial charge in [-0.05, 0) is 37.6 Å². The van der Waals surface area contributed by atoms with Crippen LogP contribution >= 0.6 is 0 Å². The first-order chi connectivity index (χ1) is 9.85. The smallest absolute Gasteiger partial charge is 0.251 e. The normalized spacial score (nSPS) is 19.0. The highest BCUT2D eigenvalue weighted by atomic mass is 32.2. The quantitative estimate of drug-likeness (QED) is 0.762. The Hall–Kier alpha value is -1.67.